The van der Waals surface area contributed by atoms with Crippen LogP contribution in [-0.4, -0.2) is 38.9 Å². The largest absolute Gasteiger partial charge is 0.446 e. The van der Waals surface area contributed by atoms with Crippen LogP contribution < -0.4 is 4.72 Å². The van der Waals surface area contributed by atoms with Crippen molar-refractivity contribution in [2.24, 2.45) is 0 Å². The van der Waals surface area contributed by atoms with Crippen LogP contribution >= 0.6 is 0 Å². The molecule has 0 aliphatic carbocycles. The molecule has 148 valence electrons. The Balaban J connectivity index is 1.76. The fourth-order valence-electron chi connectivity index (χ4n) is 3.13. The third-order valence-corrected chi connectivity index (χ3v) is 6.06. The van der Waals surface area contributed by atoms with E-state index in [0.29, 0.717) is 11.7 Å². The third kappa shape index (κ3) is 4.49. The van der Waals surface area contributed by atoms with Gasteiger partial charge in [-0.2, -0.15) is 0 Å². The van der Waals surface area contributed by atoms with E-state index in [1.54, 1.807) is 31.2 Å². The molecule has 7 heteroatoms. The summed E-state index contributed by atoms with van der Waals surface area (Å²) in [6, 6.07) is 16.5. The van der Waals surface area contributed by atoms with Gasteiger partial charge in [0, 0.05) is 25.1 Å². The van der Waals surface area contributed by atoms with Crippen LogP contribution in [0.15, 0.2) is 63.9 Å². The van der Waals surface area contributed by atoms with E-state index >= 15 is 0 Å². The van der Waals surface area contributed by atoms with E-state index < -0.39 is 10.0 Å². The van der Waals surface area contributed by atoms with Crippen LogP contribution in [0.4, 0.5) is 0 Å². The predicted molar refractivity (Wildman–Crippen MR) is 109 cm³/mol. The number of sulfonamides is 1. The number of nitrogens with zero attached hydrogens (tertiary/aromatic N) is 2. The van der Waals surface area contributed by atoms with E-state index in [-0.39, 0.29) is 17.5 Å². The van der Waals surface area contributed by atoms with Crippen LogP contribution in [0.3, 0.4) is 0 Å². The Labute approximate surface area is 166 Å². The molecule has 28 heavy (non-hydrogen) atoms. The molecule has 1 aromatic heterocycles. The van der Waals surface area contributed by atoms with Gasteiger partial charge < -0.3 is 9.32 Å². The van der Waals surface area contributed by atoms with Crippen molar-refractivity contribution in [1.82, 2.24) is 14.6 Å². The SMILES string of the molecule is Cc1nc(-c2ccc(S(=O)(=O)NCC(c3ccccc3)N(C)C)cc2)c(C)o1. The predicted octanol–water partition coefficient (Wildman–Crippen LogP) is 3.54. The highest BCUT2D eigenvalue weighted by Crippen LogP contribution is 2.25. The minimum absolute atomic E-state index is 0.0593. The van der Waals surface area contributed by atoms with Crippen LogP contribution in [0.2, 0.25) is 0 Å². The number of rotatable bonds is 7. The minimum atomic E-state index is -3.62. The Kier molecular flexibility index (Phi) is 5.98. The maximum Gasteiger partial charge on any atom is 0.240 e. The van der Waals surface area contributed by atoms with Crippen molar-refractivity contribution in [2.75, 3.05) is 20.6 Å². The molecule has 0 amide bonds. The second-order valence-corrected chi connectivity index (χ2v) is 8.67. The van der Waals surface area contributed by atoms with E-state index in [2.05, 4.69) is 9.71 Å². The van der Waals surface area contributed by atoms with Gasteiger partial charge in [-0.1, -0.05) is 42.5 Å². The van der Waals surface area contributed by atoms with Crippen molar-refractivity contribution >= 4 is 10.0 Å². The fourth-order valence-corrected chi connectivity index (χ4v) is 4.17. The zero-order valence-corrected chi connectivity index (χ0v) is 17.3. The Hall–Kier alpha value is -2.48. The smallest absolute Gasteiger partial charge is 0.240 e. The van der Waals surface area contributed by atoms with Gasteiger partial charge in [0.1, 0.15) is 11.5 Å². The first-order chi connectivity index (χ1) is 13.3. The summed E-state index contributed by atoms with van der Waals surface area (Å²) in [4.78, 5) is 6.57. The van der Waals surface area contributed by atoms with E-state index in [1.807, 2.05) is 56.3 Å². The highest BCUT2D eigenvalue weighted by atomic mass is 32.2. The van der Waals surface area contributed by atoms with Gasteiger partial charge >= 0.3 is 0 Å². The molecule has 3 rings (SSSR count). The lowest BCUT2D eigenvalue weighted by atomic mass is 10.1. The summed E-state index contributed by atoms with van der Waals surface area (Å²) in [6.07, 6.45) is 0. The molecule has 0 saturated heterocycles. The van der Waals surface area contributed by atoms with E-state index in [9.17, 15) is 8.42 Å². The quantitative estimate of drug-likeness (QED) is 0.658. The standard InChI is InChI=1S/C21H25N3O3S/c1-15-21(23-16(2)27-15)18-10-12-19(13-11-18)28(25,26)22-14-20(24(3)4)17-8-6-5-7-9-17/h5-13,20,22H,14H2,1-4H3. The van der Waals surface area contributed by atoms with Gasteiger partial charge in [0.25, 0.3) is 0 Å². The summed E-state index contributed by atoms with van der Waals surface area (Å²) in [5.74, 6) is 1.30. The maximum absolute atomic E-state index is 12.7. The third-order valence-electron chi connectivity index (χ3n) is 4.62. The van der Waals surface area contributed by atoms with Gasteiger partial charge in [-0.05, 0) is 38.7 Å². The Bertz CT molecular complexity index is 1030. The molecular formula is C21H25N3O3S. The number of hydrogen-bond acceptors (Lipinski definition) is 5. The number of hydrogen-bond donors (Lipinski definition) is 1. The zero-order valence-electron chi connectivity index (χ0n) is 16.5. The number of aromatic nitrogens is 1. The zero-order chi connectivity index (χ0) is 20.3. The van der Waals surface area contributed by atoms with Gasteiger partial charge in [0.05, 0.1) is 4.90 Å². The molecule has 0 spiro atoms. The van der Waals surface area contributed by atoms with Crippen molar-refractivity contribution in [3.63, 3.8) is 0 Å². The molecule has 3 aromatic rings. The maximum atomic E-state index is 12.7. The van der Waals surface area contributed by atoms with Crippen LogP contribution in [0.25, 0.3) is 11.3 Å². The highest BCUT2D eigenvalue weighted by Gasteiger charge is 2.20. The number of nitrogens with one attached hydrogen (secondary N) is 1. The lowest BCUT2D eigenvalue weighted by Crippen LogP contribution is -2.34. The first-order valence-electron chi connectivity index (χ1n) is 9.03. The molecule has 0 saturated carbocycles. The summed E-state index contributed by atoms with van der Waals surface area (Å²) in [5, 5.41) is 0. The molecular weight excluding hydrogens is 374 g/mol. The van der Waals surface area contributed by atoms with Crippen molar-refractivity contribution in [1.29, 1.82) is 0 Å². The van der Waals surface area contributed by atoms with Crippen molar-refractivity contribution in [3.8, 4) is 11.3 Å². The average molecular weight is 400 g/mol. The van der Waals surface area contributed by atoms with E-state index in [1.165, 1.54) is 0 Å². The lowest BCUT2D eigenvalue weighted by molar-refractivity contribution is 0.299. The molecule has 1 atom stereocenters. The summed E-state index contributed by atoms with van der Waals surface area (Å²) >= 11 is 0. The average Bonchev–Trinajstić information content (AvgIpc) is 3.00. The Morgan fingerprint density at radius 2 is 1.68 bits per heavy atom. The molecule has 0 aliphatic rings. The van der Waals surface area contributed by atoms with Crippen LogP contribution in [0, 0.1) is 13.8 Å². The van der Waals surface area contributed by atoms with E-state index in [4.69, 9.17) is 4.42 Å². The first kappa shape index (κ1) is 20.3. The molecule has 1 heterocycles. The molecule has 0 fully saturated rings. The summed E-state index contributed by atoms with van der Waals surface area (Å²) in [5.41, 5.74) is 2.61. The number of aryl methyl sites for hydroxylation is 2. The van der Waals surface area contributed by atoms with Gasteiger partial charge in [-0.25, -0.2) is 18.1 Å². The molecule has 0 radical (unpaired) electrons. The number of oxazole rings is 1. The molecule has 0 aliphatic heterocycles. The number of likely N-dealkylation sites (N-methyl/N-ethyl adjacent to an activating group) is 1. The fraction of sp³-hybridized carbons (Fsp3) is 0.286. The minimum Gasteiger partial charge on any atom is -0.446 e. The summed E-state index contributed by atoms with van der Waals surface area (Å²) in [7, 11) is 0.246. The van der Waals surface area contributed by atoms with Gasteiger partial charge in [-0.3, -0.25) is 0 Å². The molecule has 1 unspecified atom stereocenters. The second-order valence-electron chi connectivity index (χ2n) is 6.90. The van der Waals surface area contributed by atoms with Crippen molar-refractivity contribution in [2.45, 2.75) is 24.8 Å². The van der Waals surface area contributed by atoms with Gasteiger partial charge in [0.15, 0.2) is 5.89 Å². The van der Waals surface area contributed by atoms with Crippen molar-refractivity contribution < 1.29 is 12.8 Å². The normalized spacial score (nSPS) is 13.0. The topological polar surface area (TPSA) is 75.4 Å². The molecule has 2 aromatic carbocycles. The Morgan fingerprint density at radius 3 is 2.21 bits per heavy atom. The van der Waals surface area contributed by atoms with E-state index in [0.717, 1.165) is 16.8 Å². The van der Waals surface area contributed by atoms with Crippen LogP contribution in [0.1, 0.15) is 23.3 Å². The second kappa shape index (κ2) is 8.26. The lowest BCUT2D eigenvalue weighted by Gasteiger charge is -2.25. The first-order valence-corrected chi connectivity index (χ1v) is 10.5. The molecule has 1 N–H and O–H groups in total. The molecule has 0 bridgehead atoms. The number of benzene rings is 2. The monoisotopic (exact) mass is 399 g/mol. The van der Waals surface area contributed by atoms with Crippen molar-refractivity contribution in [3.05, 3.63) is 71.8 Å². The summed E-state index contributed by atoms with van der Waals surface area (Å²) < 4.78 is 33.7. The van der Waals surface area contributed by atoms with Crippen LogP contribution in [-0.2, 0) is 10.0 Å². The highest BCUT2D eigenvalue weighted by molar-refractivity contribution is 7.89. The summed E-state index contributed by atoms with van der Waals surface area (Å²) in [6.45, 7) is 3.91. The van der Waals surface area contributed by atoms with Gasteiger partial charge in [0.2, 0.25) is 10.0 Å². The molecule has 6 nitrogen and oxygen atoms in total. The Morgan fingerprint density at radius 1 is 1.04 bits per heavy atom. The van der Waals surface area contributed by atoms with Gasteiger partial charge in [-0.15, -0.1) is 0 Å². The van der Waals surface area contributed by atoms with Crippen LogP contribution in [0.5, 0.6) is 0 Å².